The molecule has 0 radical (unpaired) electrons. The van der Waals surface area contributed by atoms with Crippen LogP contribution in [0.15, 0.2) is 36.7 Å². The molecule has 2 aromatic heterocycles. The number of hydrogen-bond donors (Lipinski definition) is 2. The predicted molar refractivity (Wildman–Crippen MR) is 91.1 cm³/mol. The van der Waals surface area contributed by atoms with Gasteiger partial charge in [0.1, 0.15) is 5.69 Å². The molecule has 6 nitrogen and oxygen atoms in total. The Balaban J connectivity index is 1.92. The minimum Gasteiger partial charge on any atom is -0.364 e. The van der Waals surface area contributed by atoms with E-state index in [0.29, 0.717) is 10.6 Å². The molecule has 3 rings (SSSR count). The van der Waals surface area contributed by atoms with Gasteiger partial charge in [-0.1, -0.05) is 6.07 Å². The topological polar surface area (TPSA) is 93.8 Å². The fourth-order valence-electron chi connectivity index (χ4n) is 2.22. The number of aryl methyl sites for hydroxylation is 1. The molecule has 0 fully saturated rings. The zero-order valence-electron chi connectivity index (χ0n) is 13.3. The number of amides is 1. The van der Waals surface area contributed by atoms with E-state index in [1.807, 2.05) is 13.0 Å². The quantitative estimate of drug-likeness (QED) is 0.720. The lowest BCUT2D eigenvalue weighted by Crippen LogP contribution is -2.10. The number of carbonyl (C=O) groups is 1. The molecule has 0 aliphatic carbocycles. The molecule has 134 valence electrons. The molecule has 0 aliphatic rings. The van der Waals surface area contributed by atoms with Crippen LogP contribution in [-0.2, 0) is 6.18 Å². The fraction of sp³-hybridized carbons (Fsp3) is 0.125. The van der Waals surface area contributed by atoms with Crippen molar-refractivity contribution in [2.75, 3.05) is 5.32 Å². The predicted octanol–water partition coefficient (Wildman–Crippen LogP) is 3.77. The summed E-state index contributed by atoms with van der Waals surface area (Å²) in [5, 5.41) is 2.95. The van der Waals surface area contributed by atoms with Gasteiger partial charge < -0.3 is 11.1 Å². The molecule has 26 heavy (non-hydrogen) atoms. The van der Waals surface area contributed by atoms with Gasteiger partial charge in [0, 0.05) is 18.1 Å². The molecule has 1 amide bonds. The van der Waals surface area contributed by atoms with Crippen molar-refractivity contribution in [3.05, 3.63) is 52.9 Å². The van der Waals surface area contributed by atoms with Crippen LogP contribution in [0.1, 0.15) is 21.1 Å². The van der Waals surface area contributed by atoms with Crippen LogP contribution in [0.3, 0.4) is 0 Å². The summed E-state index contributed by atoms with van der Waals surface area (Å²) in [6, 6.07) is 6.10. The van der Waals surface area contributed by atoms with Crippen LogP contribution in [0.5, 0.6) is 0 Å². The van der Waals surface area contributed by atoms with Gasteiger partial charge in [-0.15, -0.1) is 11.3 Å². The first-order valence-corrected chi connectivity index (χ1v) is 8.09. The number of benzene rings is 1. The Labute approximate surface area is 149 Å². The Morgan fingerprint density at radius 1 is 1.23 bits per heavy atom. The Bertz CT molecular complexity index is 971. The van der Waals surface area contributed by atoms with E-state index in [-0.39, 0.29) is 11.0 Å². The normalized spacial score (nSPS) is 11.4. The first-order valence-electron chi connectivity index (χ1n) is 7.27. The lowest BCUT2D eigenvalue weighted by atomic mass is 10.1. The first kappa shape index (κ1) is 17.8. The van der Waals surface area contributed by atoms with Crippen molar-refractivity contribution in [2.45, 2.75) is 13.1 Å². The number of hydrogen-bond acceptors (Lipinski definition) is 6. The number of anilines is 2. The summed E-state index contributed by atoms with van der Waals surface area (Å²) in [6.45, 7) is 1.83. The van der Waals surface area contributed by atoms with Crippen LogP contribution < -0.4 is 11.1 Å². The molecule has 1 aromatic carbocycles. The fourth-order valence-corrected chi connectivity index (χ4v) is 2.98. The maximum Gasteiger partial charge on any atom is 0.433 e. The van der Waals surface area contributed by atoms with Crippen molar-refractivity contribution >= 4 is 28.9 Å². The number of primary amides is 1. The van der Waals surface area contributed by atoms with E-state index in [1.54, 1.807) is 12.1 Å². The maximum atomic E-state index is 12.8. The van der Waals surface area contributed by atoms with Gasteiger partial charge in [-0.3, -0.25) is 4.79 Å². The third-order valence-corrected chi connectivity index (χ3v) is 4.34. The van der Waals surface area contributed by atoms with Gasteiger partial charge in [0.05, 0.1) is 4.88 Å². The summed E-state index contributed by atoms with van der Waals surface area (Å²) in [4.78, 5) is 23.1. The molecule has 0 atom stereocenters. The molecule has 2 heterocycles. The van der Waals surface area contributed by atoms with Gasteiger partial charge in [-0.05, 0) is 36.2 Å². The highest BCUT2D eigenvalue weighted by Gasteiger charge is 2.32. The van der Waals surface area contributed by atoms with Crippen molar-refractivity contribution in [2.24, 2.45) is 5.73 Å². The van der Waals surface area contributed by atoms with E-state index in [2.05, 4.69) is 20.3 Å². The smallest absolute Gasteiger partial charge is 0.364 e. The van der Waals surface area contributed by atoms with Gasteiger partial charge >= 0.3 is 6.18 Å². The standard InChI is InChI=1S/C16H12F3N5OS/c1-8-4-9(11-7-22-14(26-11)13(20)25)6-10(5-8)23-15-21-3-2-12(24-15)16(17,18)19/h2-7H,1H3,(H2,20,25)(H,21,23,24). The first-order chi connectivity index (χ1) is 12.2. The molecule has 0 aliphatic heterocycles. The van der Waals surface area contributed by atoms with E-state index in [9.17, 15) is 18.0 Å². The molecule has 0 unspecified atom stereocenters. The van der Waals surface area contributed by atoms with Crippen LogP contribution >= 0.6 is 11.3 Å². The summed E-state index contributed by atoms with van der Waals surface area (Å²) < 4.78 is 38.3. The highest BCUT2D eigenvalue weighted by Crippen LogP contribution is 2.31. The van der Waals surface area contributed by atoms with Gasteiger partial charge in [0.25, 0.3) is 5.91 Å². The lowest BCUT2D eigenvalue weighted by molar-refractivity contribution is -0.141. The molecular formula is C16H12F3N5OS. The van der Waals surface area contributed by atoms with E-state index in [0.717, 1.165) is 34.7 Å². The van der Waals surface area contributed by atoms with Gasteiger partial charge in [-0.2, -0.15) is 13.2 Å². The number of nitrogens with one attached hydrogen (secondary N) is 1. The zero-order chi connectivity index (χ0) is 18.9. The molecule has 0 bridgehead atoms. The van der Waals surface area contributed by atoms with Gasteiger partial charge in [-0.25, -0.2) is 15.0 Å². The SMILES string of the molecule is Cc1cc(Nc2nccc(C(F)(F)F)n2)cc(-c2cnc(C(N)=O)s2)c1. The third kappa shape index (κ3) is 3.97. The Hall–Kier alpha value is -3.01. The van der Waals surface area contributed by atoms with Crippen molar-refractivity contribution in [3.8, 4) is 10.4 Å². The number of rotatable bonds is 4. The number of nitrogens with two attached hydrogens (primary N) is 1. The minimum absolute atomic E-state index is 0.168. The van der Waals surface area contributed by atoms with Crippen LogP contribution in [0, 0.1) is 6.92 Å². The number of halogens is 3. The Kier molecular flexibility index (Phi) is 4.60. The molecule has 3 aromatic rings. The lowest BCUT2D eigenvalue weighted by Gasteiger charge is -2.10. The second-order valence-corrected chi connectivity index (χ2v) is 6.40. The average molecular weight is 379 g/mol. The summed E-state index contributed by atoms with van der Waals surface area (Å²) in [6.07, 6.45) is -1.99. The summed E-state index contributed by atoms with van der Waals surface area (Å²) >= 11 is 1.13. The van der Waals surface area contributed by atoms with Crippen LogP contribution in [0.25, 0.3) is 10.4 Å². The van der Waals surface area contributed by atoms with Crippen molar-refractivity contribution in [3.63, 3.8) is 0 Å². The second-order valence-electron chi connectivity index (χ2n) is 5.37. The monoisotopic (exact) mass is 379 g/mol. The van der Waals surface area contributed by atoms with Crippen molar-refractivity contribution in [1.29, 1.82) is 0 Å². The van der Waals surface area contributed by atoms with E-state index in [4.69, 9.17) is 5.73 Å². The Morgan fingerprint density at radius 3 is 2.65 bits per heavy atom. The number of aromatic nitrogens is 3. The van der Waals surface area contributed by atoms with E-state index < -0.39 is 17.8 Å². The van der Waals surface area contributed by atoms with Crippen molar-refractivity contribution < 1.29 is 18.0 Å². The average Bonchev–Trinajstić information content (AvgIpc) is 3.04. The summed E-state index contributed by atoms with van der Waals surface area (Å²) in [7, 11) is 0. The van der Waals surface area contributed by atoms with E-state index in [1.165, 1.54) is 6.20 Å². The molecule has 0 saturated heterocycles. The number of nitrogens with zero attached hydrogens (tertiary/aromatic N) is 3. The second kappa shape index (κ2) is 6.71. The maximum absolute atomic E-state index is 12.8. The van der Waals surface area contributed by atoms with Crippen LogP contribution in [0.2, 0.25) is 0 Å². The highest BCUT2D eigenvalue weighted by atomic mass is 32.1. The van der Waals surface area contributed by atoms with Crippen LogP contribution in [-0.4, -0.2) is 20.9 Å². The molecule has 3 N–H and O–H groups in total. The number of alkyl halides is 3. The largest absolute Gasteiger partial charge is 0.433 e. The third-order valence-electron chi connectivity index (χ3n) is 3.28. The van der Waals surface area contributed by atoms with Gasteiger partial charge in [0.15, 0.2) is 5.01 Å². The summed E-state index contributed by atoms with van der Waals surface area (Å²) in [5.41, 5.74) is 6.27. The van der Waals surface area contributed by atoms with Gasteiger partial charge in [0.2, 0.25) is 5.95 Å². The molecule has 0 spiro atoms. The van der Waals surface area contributed by atoms with Crippen LogP contribution in [0.4, 0.5) is 24.8 Å². The minimum atomic E-state index is -4.55. The highest BCUT2D eigenvalue weighted by molar-refractivity contribution is 7.16. The summed E-state index contributed by atoms with van der Waals surface area (Å²) in [5.74, 6) is -0.789. The number of carbonyl (C=O) groups excluding carboxylic acids is 1. The molecule has 0 saturated carbocycles. The van der Waals surface area contributed by atoms with E-state index >= 15 is 0 Å². The zero-order valence-corrected chi connectivity index (χ0v) is 14.1. The number of thiazole rings is 1. The van der Waals surface area contributed by atoms with Crippen molar-refractivity contribution in [1.82, 2.24) is 15.0 Å². The Morgan fingerprint density at radius 2 is 2.00 bits per heavy atom. The molecular weight excluding hydrogens is 367 g/mol. The molecule has 10 heteroatoms.